The number of nitrogens with zero attached hydrogens (tertiary/aromatic N) is 1. The number of nitrogens with one attached hydrogen (secondary N) is 1. The molecule has 126 valence electrons. The number of ether oxygens (including phenoxy) is 1. The van der Waals surface area contributed by atoms with Gasteiger partial charge in [0.1, 0.15) is 5.00 Å². The smallest absolute Gasteiger partial charge is 0.341 e. The Hall–Kier alpha value is -1.14. The highest BCUT2D eigenvalue weighted by molar-refractivity contribution is 7.80. The molecule has 0 aromatic carbocycles. The van der Waals surface area contributed by atoms with Gasteiger partial charge >= 0.3 is 5.97 Å². The summed E-state index contributed by atoms with van der Waals surface area (Å²) >= 11 is 7.30. The van der Waals surface area contributed by atoms with Gasteiger partial charge < -0.3 is 15.0 Å². The molecule has 0 spiro atoms. The van der Waals surface area contributed by atoms with E-state index < -0.39 is 0 Å². The Morgan fingerprint density at radius 3 is 2.83 bits per heavy atom. The van der Waals surface area contributed by atoms with Crippen LogP contribution in [0.1, 0.15) is 59.8 Å². The lowest BCUT2D eigenvalue weighted by atomic mass is 9.95. The fourth-order valence-electron chi connectivity index (χ4n) is 3.54. The highest BCUT2D eigenvalue weighted by Gasteiger charge is 2.28. The molecule has 0 unspecified atom stereocenters. The van der Waals surface area contributed by atoms with Crippen LogP contribution in [0, 0.1) is 0 Å². The Morgan fingerprint density at radius 1 is 1.30 bits per heavy atom. The minimum absolute atomic E-state index is 0.249. The summed E-state index contributed by atoms with van der Waals surface area (Å²) in [6.07, 6.45) is 7.97. The van der Waals surface area contributed by atoms with Crippen LogP contribution < -0.4 is 5.32 Å². The van der Waals surface area contributed by atoms with Crippen molar-refractivity contribution in [1.82, 2.24) is 4.90 Å². The standard InChI is InChI=1S/C17H24N2O2S2/c1-11-7-5-6-10-19(11)17(22)18-15-14(16(20)21-2)12-8-3-4-9-13(12)23-15/h11H,3-10H2,1-2H3,(H,18,22)/t11-/m1/s1. The molecule has 4 nitrogen and oxygen atoms in total. The Morgan fingerprint density at radius 2 is 2.09 bits per heavy atom. The summed E-state index contributed by atoms with van der Waals surface area (Å²) in [4.78, 5) is 15.8. The van der Waals surface area contributed by atoms with Gasteiger partial charge in [-0.2, -0.15) is 0 Å². The number of methoxy groups -OCH3 is 1. The number of piperidine rings is 1. The molecule has 1 fully saturated rings. The number of likely N-dealkylation sites (tertiary alicyclic amines) is 1. The van der Waals surface area contributed by atoms with Gasteiger partial charge in [-0.15, -0.1) is 11.3 Å². The van der Waals surface area contributed by atoms with Crippen molar-refractivity contribution < 1.29 is 9.53 Å². The molecule has 0 amide bonds. The van der Waals surface area contributed by atoms with E-state index in [1.165, 1.54) is 43.2 Å². The lowest BCUT2D eigenvalue weighted by molar-refractivity contribution is 0.0601. The van der Waals surface area contributed by atoms with Crippen LogP contribution in [0.5, 0.6) is 0 Å². The number of esters is 1. The monoisotopic (exact) mass is 352 g/mol. The van der Waals surface area contributed by atoms with Crippen molar-refractivity contribution in [1.29, 1.82) is 0 Å². The zero-order valence-corrected chi connectivity index (χ0v) is 15.4. The fraction of sp³-hybridized carbons (Fsp3) is 0.647. The SMILES string of the molecule is COC(=O)c1c(NC(=S)N2CCCC[C@H]2C)sc2c1CCCC2. The molecule has 1 aliphatic carbocycles. The summed E-state index contributed by atoms with van der Waals surface area (Å²) in [7, 11) is 1.45. The third kappa shape index (κ3) is 3.38. The van der Waals surface area contributed by atoms with Gasteiger partial charge in [-0.1, -0.05) is 0 Å². The first-order chi connectivity index (χ1) is 11.1. The van der Waals surface area contributed by atoms with Crippen LogP contribution >= 0.6 is 23.6 Å². The van der Waals surface area contributed by atoms with Crippen molar-refractivity contribution in [3.05, 3.63) is 16.0 Å². The molecule has 3 rings (SSSR count). The number of rotatable bonds is 2. The zero-order valence-electron chi connectivity index (χ0n) is 13.8. The number of anilines is 1. The first-order valence-electron chi connectivity index (χ1n) is 8.42. The Balaban J connectivity index is 1.85. The molecule has 23 heavy (non-hydrogen) atoms. The number of hydrogen-bond acceptors (Lipinski definition) is 4. The Kier molecular flexibility index (Phi) is 5.21. The maximum atomic E-state index is 12.3. The number of carbonyl (C=O) groups is 1. The van der Waals surface area contributed by atoms with Crippen molar-refractivity contribution in [2.75, 3.05) is 19.0 Å². The molecule has 1 aliphatic heterocycles. The van der Waals surface area contributed by atoms with Crippen LogP contribution in [-0.4, -0.2) is 35.7 Å². The van der Waals surface area contributed by atoms with Gasteiger partial charge in [-0.05, 0) is 69.7 Å². The van der Waals surface area contributed by atoms with Crippen molar-refractivity contribution in [2.24, 2.45) is 0 Å². The second-order valence-electron chi connectivity index (χ2n) is 6.37. The number of hydrogen-bond donors (Lipinski definition) is 1. The van der Waals surface area contributed by atoms with Gasteiger partial charge in [0.15, 0.2) is 5.11 Å². The largest absolute Gasteiger partial charge is 0.465 e. The second-order valence-corrected chi connectivity index (χ2v) is 7.87. The number of thiophene rings is 1. The molecular formula is C17H24N2O2S2. The molecule has 2 heterocycles. The predicted octanol–water partition coefficient (Wildman–Crippen LogP) is 3.98. The van der Waals surface area contributed by atoms with Crippen LogP contribution in [0.25, 0.3) is 0 Å². The predicted molar refractivity (Wildman–Crippen MR) is 98.5 cm³/mol. The lowest BCUT2D eigenvalue weighted by Gasteiger charge is -2.35. The highest BCUT2D eigenvalue weighted by Crippen LogP contribution is 2.38. The normalized spacial score (nSPS) is 20.8. The lowest BCUT2D eigenvalue weighted by Crippen LogP contribution is -2.44. The minimum atomic E-state index is -0.249. The molecule has 6 heteroatoms. The van der Waals surface area contributed by atoms with E-state index in [0.717, 1.165) is 35.9 Å². The highest BCUT2D eigenvalue weighted by atomic mass is 32.1. The third-order valence-electron chi connectivity index (χ3n) is 4.85. The average molecular weight is 353 g/mol. The van der Waals surface area contributed by atoms with Crippen molar-refractivity contribution in [2.45, 2.75) is 57.9 Å². The zero-order chi connectivity index (χ0) is 16.4. The van der Waals surface area contributed by atoms with E-state index in [0.29, 0.717) is 11.6 Å². The van der Waals surface area contributed by atoms with E-state index in [4.69, 9.17) is 17.0 Å². The number of carbonyl (C=O) groups excluding carboxylic acids is 1. The molecule has 0 bridgehead atoms. The van der Waals surface area contributed by atoms with Crippen LogP contribution in [-0.2, 0) is 17.6 Å². The summed E-state index contributed by atoms with van der Waals surface area (Å²) in [5.41, 5.74) is 1.88. The van der Waals surface area contributed by atoms with Gasteiger partial charge in [0.25, 0.3) is 0 Å². The van der Waals surface area contributed by atoms with Crippen LogP contribution in [0.2, 0.25) is 0 Å². The van der Waals surface area contributed by atoms with Crippen LogP contribution in [0.4, 0.5) is 5.00 Å². The Bertz CT molecular complexity index is 612. The summed E-state index contributed by atoms with van der Waals surface area (Å²) in [6.45, 7) is 3.21. The topological polar surface area (TPSA) is 41.6 Å². The molecule has 1 saturated heterocycles. The Labute approximate surface area is 147 Å². The second kappa shape index (κ2) is 7.18. The summed E-state index contributed by atoms with van der Waals surface area (Å²) in [5, 5.41) is 4.96. The molecule has 1 N–H and O–H groups in total. The molecule has 0 radical (unpaired) electrons. The average Bonchev–Trinajstić information content (AvgIpc) is 2.92. The van der Waals surface area contributed by atoms with Crippen molar-refractivity contribution in [3.63, 3.8) is 0 Å². The molecule has 1 atom stereocenters. The van der Waals surface area contributed by atoms with E-state index in [-0.39, 0.29) is 5.97 Å². The maximum Gasteiger partial charge on any atom is 0.341 e. The van der Waals surface area contributed by atoms with Crippen molar-refractivity contribution in [3.8, 4) is 0 Å². The number of fused-ring (bicyclic) bond motifs is 1. The summed E-state index contributed by atoms with van der Waals surface area (Å²) in [6, 6.07) is 0.458. The van der Waals surface area contributed by atoms with Gasteiger partial charge in [0, 0.05) is 17.5 Å². The quantitative estimate of drug-likeness (QED) is 0.644. The van der Waals surface area contributed by atoms with E-state index in [1.807, 2.05) is 0 Å². The fourth-order valence-corrected chi connectivity index (χ4v) is 5.26. The number of aryl methyl sites for hydroxylation is 1. The minimum Gasteiger partial charge on any atom is -0.465 e. The number of thiocarbonyl (C=S) groups is 1. The molecule has 0 saturated carbocycles. The summed E-state index contributed by atoms with van der Waals surface area (Å²) < 4.78 is 5.02. The summed E-state index contributed by atoms with van der Waals surface area (Å²) in [5.74, 6) is -0.249. The van der Waals surface area contributed by atoms with Gasteiger partial charge in [-0.3, -0.25) is 0 Å². The maximum absolute atomic E-state index is 12.3. The van der Waals surface area contributed by atoms with E-state index in [2.05, 4.69) is 17.1 Å². The first kappa shape index (κ1) is 16.7. The van der Waals surface area contributed by atoms with Gasteiger partial charge in [0.05, 0.1) is 12.7 Å². The molecule has 2 aliphatic rings. The van der Waals surface area contributed by atoms with E-state index in [9.17, 15) is 4.79 Å². The molecular weight excluding hydrogens is 328 g/mol. The van der Waals surface area contributed by atoms with Crippen molar-refractivity contribution >= 4 is 39.6 Å². The first-order valence-corrected chi connectivity index (χ1v) is 9.64. The molecule has 1 aromatic heterocycles. The van der Waals surface area contributed by atoms with E-state index >= 15 is 0 Å². The van der Waals surface area contributed by atoms with E-state index in [1.54, 1.807) is 11.3 Å². The third-order valence-corrected chi connectivity index (χ3v) is 6.39. The van der Waals surface area contributed by atoms with Crippen LogP contribution in [0.3, 0.4) is 0 Å². The van der Waals surface area contributed by atoms with Gasteiger partial charge in [0.2, 0.25) is 0 Å². The molecule has 1 aromatic rings. The van der Waals surface area contributed by atoms with Crippen LogP contribution in [0.15, 0.2) is 0 Å². The van der Waals surface area contributed by atoms with Gasteiger partial charge in [-0.25, -0.2) is 4.79 Å².